The molecule has 176 valence electrons. The van der Waals surface area contributed by atoms with Crippen LogP contribution in [0.3, 0.4) is 0 Å². The summed E-state index contributed by atoms with van der Waals surface area (Å²) in [7, 11) is 4.49. The molecule has 0 spiro atoms. The molecule has 1 aromatic heterocycles. The summed E-state index contributed by atoms with van der Waals surface area (Å²) in [5, 5.41) is 16.5. The van der Waals surface area contributed by atoms with Crippen molar-refractivity contribution in [2.75, 3.05) is 20.6 Å². The molecule has 1 atom stereocenters. The van der Waals surface area contributed by atoms with Gasteiger partial charge < -0.3 is 14.1 Å². The van der Waals surface area contributed by atoms with Crippen molar-refractivity contribution in [2.45, 2.75) is 63.5 Å². The smallest absolute Gasteiger partial charge is 0.191 e. The molecule has 0 amide bonds. The second-order valence-corrected chi connectivity index (χ2v) is 10.4. The minimum Gasteiger partial charge on any atom is -0.378 e. The lowest BCUT2D eigenvalue weighted by atomic mass is 9.71. The Balaban J connectivity index is 1.42. The standard InChI is InChI=1S/C29H39N2O2/c1-31(2,21-13-12-16-24-14-6-3-7-15-24)23-27-22-28(30-33-27)29(32,25-17-8-4-9-18-25)26-19-10-5-11-20-26/h3-4,6-9,14-15,17-18,22,26,32H,5,10-13,16,19-21,23H2,1-2H3/q+1. The van der Waals surface area contributed by atoms with E-state index >= 15 is 0 Å². The zero-order valence-electron chi connectivity index (χ0n) is 20.2. The van der Waals surface area contributed by atoms with Gasteiger partial charge in [0, 0.05) is 6.07 Å². The fourth-order valence-corrected chi connectivity index (χ4v) is 5.39. The summed E-state index contributed by atoms with van der Waals surface area (Å²) in [5.74, 6) is 1.02. The normalized spacial score (nSPS) is 17.1. The fraction of sp³-hybridized carbons (Fsp3) is 0.483. The van der Waals surface area contributed by atoms with Crippen LogP contribution in [0.1, 0.15) is 67.5 Å². The Morgan fingerprint density at radius 2 is 1.61 bits per heavy atom. The molecule has 4 heteroatoms. The minimum absolute atomic E-state index is 0.173. The molecule has 4 nitrogen and oxygen atoms in total. The number of quaternary nitrogens is 1. The lowest BCUT2D eigenvalue weighted by Gasteiger charge is -2.37. The number of unbranched alkanes of at least 4 members (excludes halogenated alkanes) is 1. The average molecular weight is 448 g/mol. The Morgan fingerprint density at radius 3 is 2.30 bits per heavy atom. The molecule has 33 heavy (non-hydrogen) atoms. The number of nitrogens with zero attached hydrogens (tertiary/aromatic N) is 2. The molecule has 3 aromatic rings. The third-order valence-corrected chi connectivity index (χ3v) is 7.26. The van der Waals surface area contributed by atoms with Crippen LogP contribution in [0, 0.1) is 5.92 Å². The van der Waals surface area contributed by atoms with Crippen molar-refractivity contribution in [2.24, 2.45) is 5.92 Å². The van der Waals surface area contributed by atoms with Gasteiger partial charge in [0.2, 0.25) is 0 Å². The van der Waals surface area contributed by atoms with Gasteiger partial charge in [0.05, 0.1) is 20.6 Å². The molecule has 1 saturated carbocycles. The van der Waals surface area contributed by atoms with Crippen LogP contribution >= 0.6 is 0 Å². The molecule has 1 aliphatic carbocycles. The number of hydrogen-bond donors (Lipinski definition) is 1. The maximum absolute atomic E-state index is 12.0. The minimum atomic E-state index is -1.09. The van der Waals surface area contributed by atoms with Crippen LogP contribution in [0.2, 0.25) is 0 Å². The van der Waals surface area contributed by atoms with E-state index in [2.05, 4.69) is 49.6 Å². The van der Waals surface area contributed by atoms with Gasteiger partial charge in [-0.2, -0.15) is 0 Å². The SMILES string of the molecule is C[N+](C)(CCCCc1ccccc1)Cc1cc(C(O)(c2ccccc2)C2CCCCC2)no1. The van der Waals surface area contributed by atoms with Gasteiger partial charge in [-0.05, 0) is 49.1 Å². The highest BCUT2D eigenvalue weighted by Gasteiger charge is 2.43. The van der Waals surface area contributed by atoms with Gasteiger partial charge in [-0.25, -0.2) is 0 Å². The summed E-state index contributed by atoms with van der Waals surface area (Å²) in [6.07, 6.45) is 9.10. The van der Waals surface area contributed by atoms with Gasteiger partial charge >= 0.3 is 0 Å². The first-order chi connectivity index (χ1) is 16.0. The summed E-state index contributed by atoms with van der Waals surface area (Å²) < 4.78 is 6.65. The van der Waals surface area contributed by atoms with E-state index in [-0.39, 0.29) is 5.92 Å². The van der Waals surface area contributed by atoms with Gasteiger partial charge in [0.25, 0.3) is 0 Å². The van der Waals surface area contributed by atoms with Crippen LogP contribution < -0.4 is 0 Å². The Labute approximate surface area is 198 Å². The number of aromatic nitrogens is 1. The largest absolute Gasteiger partial charge is 0.378 e. The zero-order valence-corrected chi connectivity index (χ0v) is 20.2. The van der Waals surface area contributed by atoms with Crippen molar-refractivity contribution < 1.29 is 14.1 Å². The van der Waals surface area contributed by atoms with Crippen molar-refractivity contribution in [3.8, 4) is 0 Å². The highest BCUT2D eigenvalue weighted by Crippen LogP contribution is 2.43. The summed E-state index contributed by atoms with van der Waals surface area (Å²) >= 11 is 0. The molecule has 0 saturated heterocycles. The van der Waals surface area contributed by atoms with Crippen molar-refractivity contribution >= 4 is 0 Å². The van der Waals surface area contributed by atoms with Gasteiger partial charge in [-0.15, -0.1) is 0 Å². The fourth-order valence-electron chi connectivity index (χ4n) is 5.39. The summed E-state index contributed by atoms with van der Waals surface area (Å²) in [5.41, 5.74) is 1.91. The predicted octanol–water partition coefficient (Wildman–Crippen LogP) is 6.09. The summed E-state index contributed by atoms with van der Waals surface area (Å²) in [6, 6.07) is 22.8. The predicted molar refractivity (Wildman–Crippen MR) is 133 cm³/mol. The monoisotopic (exact) mass is 447 g/mol. The van der Waals surface area contributed by atoms with Crippen LogP contribution in [0.15, 0.2) is 71.3 Å². The number of hydrogen-bond acceptors (Lipinski definition) is 3. The van der Waals surface area contributed by atoms with E-state index in [1.807, 2.05) is 36.4 Å². The maximum Gasteiger partial charge on any atom is 0.191 e. The molecule has 0 radical (unpaired) electrons. The molecule has 4 rings (SSSR count). The van der Waals surface area contributed by atoms with Crippen LogP contribution in [-0.2, 0) is 18.6 Å². The first kappa shape index (κ1) is 23.7. The molecular weight excluding hydrogens is 408 g/mol. The second kappa shape index (κ2) is 10.7. The summed E-state index contributed by atoms with van der Waals surface area (Å²) in [4.78, 5) is 0. The van der Waals surface area contributed by atoms with Crippen molar-refractivity contribution in [1.29, 1.82) is 0 Å². The highest BCUT2D eigenvalue weighted by atomic mass is 16.5. The molecule has 0 aliphatic heterocycles. The molecule has 1 fully saturated rings. The van der Waals surface area contributed by atoms with Gasteiger partial charge in [0.15, 0.2) is 5.76 Å². The third-order valence-electron chi connectivity index (χ3n) is 7.26. The molecule has 1 N–H and O–H groups in total. The van der Waals surface area contributed by atoms with Crippen molar-refractivity contribution in [1.82, 2.24) is 5.16 Å². The Morgan fingerprint density at radius 1 is 0.939 bits per heavy atom. The first-order valence-corrected chi connectivity index (χ1v) is 12.6. The molecule has 0 bridgehead atoms. The number of aryl methyl sites for hydroxylation is 1. The zero-order chi connectivity index (χ0) is 23.2. The second-order valence-electron chi connectivity index (χ2n) is 10.4. The molecule has 1 aliphatic rings. The van der Waals surface area contributed by atoms with Crippen molar-refractivity contribution in [3.05, 3.63) is 89.3 Å². The average Bonchev–Trinajstić information content (AvgIpc) is 3.31. The number of rotatable bonds is 10. The number of aliphatic hydroxyl groups is 1. The van der Waals surface area contributed by atoms with E-state index < -0.39 is 5.60 Å². The molecular formula is C29H39N2O2+. The maximum atomic E-state index is 12.0. The van der Waals surface area contributed by atoms with E-state index in [1.54, 1.807) is 0 Å². The van der Waals surface area contributed by atoms with E-state index in [0.717, 1.165) is 61.0 Å². The van der Waals surface area contributed by atoms with Crippen LogP contribution in [0.4, 0.5) is 0 Å². The van der Waals surface area contributed by atoms with E-state index in [4.69, 9.17) is 4.52 Å². The van der Waals surface area contributed by atoms with E-state index in [1.165, 1.54) is 24.8 Å². The quantitative estimate of drug-likeness (QED) is 0.302. The van der Waals surface area contributed by atoms with E-state index in [9.17, 15) is 5.11 Å². The van der Waals surface area contributed by atoms with Gasteiger partial charge in [-0.3, -0.25) is 0 Å². The van der Waals surface area contributed by atoms with Crippen LogP contribution in [-0.4, -0.2) is 35.4 Å². The Hall–Kier alpha value is -2.43. The highest BCUT2D eigenvalue weighted by molar-refractivity contribution is 5.33. The topological polar surface area (TPSA) is 46.3 Å². The Bertz CT molecular complexity index is 977. The lowest BCUT2D eigenvalue weighted by Crippen LogP contribution is -2.39. The number of benzene rings is 2. The Kier molecular flexibility index (Phi) is 7.67. The van der Waals surface area contributed by atoms with Gasteiger partial charge in [0.1, 0.15) is 17.8 Å². The molecule has 1 heterocycles. The van der Waals surface area contributed by atoms with Crippen LogP contribution in [0.5, 0.6) is 0 Å². The van der Waals surface area contributed by atoms with Gasteiger partial charge in [-0.1, -0.05) is 85.1 Å². The molecule has 1 unspecified atom stereocenters. The van der Waals surface area contributed by atoms with Crippen LogP contribution in [0.25, 0.3) is 0 Å². The summed E-state index contributed by atoms with van der Waals surface area (Å²) in [6.45, 7) is 1.85. The first-order valence-electron chi connectivity index (χ1n) is 12.6. The van der Waals surface area contributed by atoms with E-state index in [0.29, 0.717) is 5.69 Å². The third kappa shape index (κ3) is 5.93. The molecule has 2 aromatic carbocycles. The lowest BCUT2D eigenvalue weighted by molar-refractivity contribution is -0.904. The van der Waals surface area contributed by atoms with Crippen molar-refractivity contribution in [3.63, 3.8) is 0 Å².